The molecule has 124 valence electrons. The lowest BCUT2D eigenvalue weighted by atomic mass is 10.3. The van der Waals surface area contributed by atoms with E-state index in [1.165, 1.54) is 16.5 Å². The summed E-state index contributed by atoms with van der Waals surface area (Å²) in [6, 6.07) is 11.3. The van der Waals surface area contributed by atoms with Crippen molar-refractivity contribution in [3.8, 4) is 5.75 Å². The predicted molar refractivity (Wildman–Crippen MR) is 87.0 cm³/mol. The number of hydrogen-bond acceptors (Lipinski definition) is 5. The summed E-state index contributed by atoms with van der Waals surface area (Å²) in [6.07, 6.45) is 1.59. The van der Waals surface area contributed by atoms with E-state index in [9.17, 15) is 14.5 Å². The topological polar surface area (TPSA) is 72.9 Å². The first-order valence-electron chi connectivity index (χ1n) is 7.28. The molecule has 2 aromatic heterocycles. The van der Waals surface area contributed by atoms with Crippen LogP contribution in [0.1, 0.15) is 0 Å². The lowest BCUT2D eigenvalue weighted by Gasteiger charge is -2.16. The molecule has 0 aliphatic heterocycles. The number of fused-ring (bicyclic) bond motifs is 1. The van der Waals surface area contributed by atoms with Crippen molar-refractivity contribution in [2.24, 2.45) is 0 Å². The third-order valence-corrected chi connectivity index (χ3v) is 3.54. The number of halogens is 1. The molecular formula is C16H15FN4O3. The summed E-state index contributed by atoms with van der Waals surface area (Å²) < 4.78 is 20.3. The molecule has 8 heteroatoms. The van der Waals surface area contributed by atoms with Gasteiger partial charge < -0.3 is 19.8 Å². The van der Waals surface area contributed by atoms with Crippen molar-refractivity contribution < 1.29 is 14.1 Å². The molecule has 0 N–H and O–H groups in total. The molecule has 0 atom stereocenters. The van der Waals surface area contributed by atoms with Crippen LogP contribution in [0.4, 0.5) is 16.0 Å². The van der Waals surface area contributed by atoms with Crippen molar-refractivity contribution in [1.82, 2.24) is 9.38 Å². The molecule has 3 rings (SSSR count). The van der Waals surface area contributed by atoms with Gasteiger partial charge in [0.1, 0.15) is 6.61 Å². The summed E-state index contributed by atoms with van der Waals surface area (Å²) in [6.45, 7) is 0.488. The van der Waals surface area contributed by atoms with E-state index in [0.29, 0.717) is 12.2 Å². The Bertz CT molecular complexity index is 881. The Hall–Kier alpha value is -3.16. The molecule has 2 heterocycles. The summed E-state index contributed by atoms with van der Waals surface area (Å²) in [5.74, 6) is -0.170. The maximum absolute atomic E-state index is 13.5. The van der Waals surface area contributed by atoms with Gasteiger partial charge in [0, 0.05) is 13.1 Å². The number of rotatable bonds is 6. The number of aromatic nitrogens is 2. The highest BCUT2D eigenvalue weighted by Crippen LogP contribution is 2.27. The van der Waals surface area contributed by atoms with Gasteiger partial charge in [0.2, 0.25) is 11.5 Å². The fourth-order valence-electron chi connectivity index (χ4n) is 2.36. The Morgan fingerprint density at radius 2 is 2.04 bits per heavy atom. The van der Waals surface area contributed by atoms with Gasteiger partial charge in [-0.25, -0.2) is 4.39 Å². The van der Waals surface area contributed by atoms with Crippen molar-refractivity contribution in [2.45, 2.75) is 0 Å². The summed E-state index contributed by atoms with van der Waals surface area (Å²) in [5, 5.41) is 11.4. The third-order valence-electron chi connectivity index (χ3n) is 3.54. The van der Waals surface area contributed by atoms with Crippen molar-refractivity contribution in [3.05, 3.63) is 64.6 Å². The second-order valence-corrected chi connectivity index (χ2v) is 5.15. The van der Waals surface area contributed by atoms with Gasteiger partial charge in [-0.05, 0) is 23.1 Å². The number of ether oxygens (including phenoxy) is 1. The molecular weight excluding hydrogens is 315 g/mol. The van der Waals surface area contributed by atoms with Crippen LogP contribution in [0.2, 0.25) is 0 Å². The summed E-state index contributed by atoms with van der Waals surface area (Å²) in [5.41, 5.74) is 0.487. The van der Waals surface area contributed by atoms with Gasteiger partial charge in [-0.15, -0.1) is 0 Å². The molecule has 0 aliphatic carbocycles. The lowest BCUT2D eigenvalue weighted by Crippen LogP contribution is -2.25. The number of anilines is 1. The fourth-order valence-corrected chi connectivity index (χ4v) is 2.36. The van der Waals surface area contributed by atoms with Crippen LogP contribution in [0.25, 0.3) is 5.65 Å². The van der Waals surface area contributed by atoms with Crippen LogP contribution in [0, 0.1) is 15.9 Å². The zero-order chi connectivity index (χ0) is 17.1. The van der Waals surface area contributed by atoms with Crippen molar-refractivity contribution in [1.29, 1.82) is 0 Å². The van der Waals surface area contributed by atoms with Gasteiger partial charge in [-0.3, -0.25) is 0 Å². The number of nitrogens with zero attached hydrogens (tertiary/aromatic N) is 4. The average Bonchev–Trinajstić information content (AvgIpc) is 2.96. The SMILES string of the molecule is CN(CCOc1ccccc1F)c1nc2ccccn2c1[N+](=O)[O-]. The highest BCUT2D eigenvalue weighted by Gasteiger charge is 2.25. The molecule has 24 heavy (non-hydrogen) atoms. The number of nitro groups is 1. The monoisotopic (exact) mass is 330 g/mol. The van der Waals surface area contributed by atoms with E-state index in [4.69, 9.17) is 4.74 Å². The van der Waals surface area contributed by atoms with E-state index in [2.05, 4.69) is 4.98 Å². The van der Waals surface area contributed by atoms with E-state index in [1.54, 1.807) is 48.5 Å². The van der Waals surface area contributed by atoms with Crippen LogP contribution in [-0.4, -0.2) is 34.5 Å². The number of likely N-dealkylation sites (N-methyl/N-ethyl adjacent to an activating group) is 1. The summed E-state index contributed by atoms with van der Waals surface area (Å²) >= 11 is 0. The normalized spacial score (nSPS) is 10.8. The van der Waals surface area contributed by atoms with Gasteiger partial charge in [0.05, 0.1) is 12.7 Å². The number of benzene rings is 1. The van der Waals surface area contributed by atoms with Gasteiger partial charge in [0.15, 0.2) is 11.6 Å². The van der Waals surface area contributed by atoms with Gasteiger partial charge in [-0.1, -0.05) is 18.2 Å². The summed E-state index contributed by atoms with van der Waals surface area (Å²) in [4.78, 5) is 16.8. The van der Waals surface area contributed by atoms with Crippen LogP contribution in [0.3, 0.4) is 0 Å². The fraction of sp³-hybridized carbons (Fsp3) is 0.188. The van der Waals surface area contributed by atoms with Crippen LogP contribution < -0.4 is 9.64 Å². The van der Waals surface area contributed by atoms with Crippen LogP contribution in [0.15, 0.2) is 48.7 Å². The maximum atomic E-state index is 13.5. The van der Waals surface area contributed by atoms with Crippen LogP contribution in [-0.2, 0) is 0 Å². The van der Waals surface area contributed by atoms with E-state index < -0.39 is 10.7 Å². The molecule has 0 amide bonds. The molecule has 0 saturated heterocycles. The van der Waals surface area contributed by atoms with E-state index in [-0.39, 0.29) is 24.0 Å². The first kappa shape index (κ1) is 15.7. The number of hydrogen-bond donors (Lipinski definition) is 0. The highest BCUT2D eigenvalue weighted by molar-refractivity contribution is 5.63. The Kier molecular flexibility index (Phi) is 4.28. The maximum Gasteiger partial charge on any atom is 0.372 e. The first-order valence-corrected chi connectivity index (χ1v) is 7.28. The minimum absolute atomic E-state index is 0.112. The molecule has 0 aliphatic rings. The Balaban J connectivity index is 1.76. The predicted octanol–water partition coefficient (Wildman–Crippen LogP) is 2.90. The largest absolute Gasteiger partial charge is 0.489 e. The van der Waals surface area contributed by atoms with Crippen molar-refractivity contribution in [2.75, 3.05) is 25.1 Å². The standard InChI is InChI=1S/C16H15FN4O3/c1-19(10-11-24-13-7-3-2-6-12(13)17)15-16(21(22)23)20-9-5-4-8-14(20)18-15/h2-9H,10-11H2,1H3. The van der Waals surface area contributed by atoms with E-state index >= 15 is 0 Å². The van der Waals surface area contributed by atoms with Gasteiger partial charge in [0.25, 0.3) is 0 Å². The molecule has 0 bridgehead atoms. The molecule has 0 fully saturated rings. The van der Waals surface area contributed by atoms with Gasteiger partial charge in [-0.2, -0.15) is 9.38 Å². The number of para-hydroxylation sites is 1. The molecule has 3 aromatic rings. The second kappa shape index (κ2) is 6.53. The minimum Gasteiger partial charge on any atom is -0.489 e. The molecule has 0 radical (unpaired) electrons. The number of imidazole rings is 1. The summed E-state index contributed by atoms with van der Waals surface area (Å²) in [7, 11) is 1.68. The lowest BCUT2D eigenvalue weighted by molar-refractivity contribution is -0.389. The Morgan fingerprint density at radius 3 is 2.79 bits per heavy atom. The average molecular weight is 330 g/mol. The number of pyridine rings is 1. The molecule has 0 unspecified atom stereocenters. The smallest absolute Gasteiger partial charge is 0.372 e. The zero-order valence-electron chi connectivity index (χ0n) is 12.9. The Morgan fingerprint density at radius 1 is 1.29 bits per heavy atom. The van der Waals surface area contributed by atoms with Gasteiger partial charge >= 0.3 is 5.82 Å². The highest BCUT2D eigenvalue weighted by atomic mass is 19.1. The van der Waals surface area contributed by atoms with E-state index in [0.717, 1.165) is 0 Å². The third kappa shape index (κ3) is 2.98. The minimum atomic E-state index is -0.469. The molecule has 1 aromatic carbocycles. The second-order valence-electron chi connectivity index (χ2n) is 5.15. The molecule has 7 nitrogen and oxygen atoms in total. The molecule has 0 saturated carbocycles. The van der Waals surface area contributed by atoms with Crippen LogP contribution in [0.5, 0.6) is 5.75 Å². The Labute approximate surface area is 137 Å². The first-order chi connectivity index (χ1) is 11.6. The van der Waals surface area contributed by atoms with Crippen LogP contribution >= 0.6 is 0 Å². The van der Waals surface area contributed by atoms with Crippen molar-refractivity contribution in [3.63, 3.8) is 0 Å². The van der Waals surface area contributed by atoms with E-state index in [1.807, 2.05) is 0 Å². The zero-order valence-corrected chi connectivity index (χ0v) is 12.9. The van der Waals surface area contributed by atoms with Crippen molar-refractivity contribution >= 4 is 17.3 Å². The quantitative estimate of drug-likeness (QED) is 0.513. The molecule has 0 spiro atoms.